The maximum absolute atomic E-state index is 12.3. The Morgan fingerprint density at radius 2 is 1.41 bits per heavy atom. The van der Waals surface area contributed by atoms with Crippen molar-refractivity contribution in [1.29, 1.82) is 0 Å². The Hall–Kier alpha value is -3.55. The van der Waals surface area contributed by atoms with E-state index in [0.29, 0.717) is 29.2 Å². The highest BCUT2D eigenvalue weighted by Gasteiger charge is 2.13. The minimum absolute atomic E-state index is 0.273. The maximum atomic E-state index is 12.3. The van der Waals surface area contributed by atoms with Gasteiger partial charge in [0.15, 0.2) is 11.5 Å². The lowest BCUT2D eigenvalue weighted by molar-refractivity contribution is 0.0600. The topological polar surface area (TPSA) is 103 Å². The predicted octanol–water partition coefficient (Wildman–Crippen LogP) is 2.74. The molecule has 0 atom stereocenters. The third-order valence-electron chi connectivity index (χ3n) is 4.04. The molecule has 2 aromatic rings. The van der Waals surface area contributed by atoms with Crippen molar-refractivity contribution in [3.8, 4) is 11.5 Å². The molecule has 154 valence electrons. The van der Waals surface area contributed by atoms with Crippen molar-refractivity contribution >= 4 is 17.8 Å². The van der Waals surface area contributed by atoms with E-state index in [1.54, 1.807) is 12.1 Å². The van der Waals surface area contributed by atoms with Crippen LogP contribution in [0.2, 0.25) is 0 Å². The van der Waals surface area contributed by atoms with Crippen molar-refractivity contribution in [3.05, 3.63) is 59.2 Å². The highest BCUT2D eigenvalue weighted by Crippen LogP contribution is 2.28. The molecule has 0 bridgehead atoms. The number of esters is 1. The molecule has 0 fully saturated rings. The molecule has 0 radical (unpaired) electrons. The first kappa shape index (κ1) is 21.7. The number of benzene rings is 2. The van der Waals surface area contributed by atoms with Crippen LogP contribution < -0.4 is 20.3 Å². The lowest BCUT2D eigenvalue weighted by atomic mass is 10.1. The standard InChI is InChI=1S/C21H24N2O6/c1-4-5-12-29-17-11-10-16(13-18(17)27-2)20(25)23-22-19(24)14-6-8-15(9-7-14)21(26)28-3/h6-11,13H,4-5,12H2,1-3H3,(H,22,24)(H,23,25). The van der Waals surface area contributed by atoms with E-state index in [-0.39, 0.29) is 5.56 Å². The van der Waals surface area contributed by atoms with Crippen molar-refractivity contribution in [3.63, 3.8) is 0 Å². The van der Waals surface area contributed by atoms with E-state index >= 15 is 0 Å². The number of unbranched alkanes of at least 4 members (excludes halogenated alkanes) is 1. The smallest absolute Gasteiger partial charge is 0.337 e. The summed E-state index contributed by atoms with van der Waals surface area (Å²) < 4.78 is 15.5. The number of hydrazine groups is 1. The maximum Gasteiger partial charge on any atom is 0.337 e. The van der Waals surface area contributed by atoms with E-state index < -0.39 is 17.8 Å². The van der Waals surface area contributed by atoms with E-state index in [2.05, 4.69) is 22.5 Å². The van der Waals surface area contributed by atoms with E-state index in [4.69, 9.17) is 9.47 Å². The molecule has 2 rings (SSSR count). The highest BCUT2D eigenvalue weighted by atomic mass is 16.5. The average molecular weight is 400 g/mol. The number of methoxy groups -OCH3 is 2. The summed E-state index contributed by atoms with van der Waals surface area (Å²) in [5, 5.41) is 0. The minimum atomic E-state index is -0.527. The van der Waals surface area contributed by atoms with Crippen molar-refractivity contribution in [2.45, 2.75) is 19.8 Å². The van der Waals surface area contributed by atoms with Crippen LogP contribution in [0, 0.1) is 0 Å². The van der Waals surface area contributed by atoms with Gasteiger partial charge in [-0.25, -0.2) is 4.79 Å². The van der Waals surface area contributed by atoms with Crippen LogP contribution >= 0.6 is 0 Å². The zero-order valence-corrected chi connectivity index (χ0v) is 16.6. The third kappa shape index (κ3) is 5.97. The zero-order valence-electron chi connectivity index (χ0n) is 16.6. The predicted molar refractivity (Wildman–Crippen MR) is 106 cm³/mol. The van der Waals surface area contributed by atoms with Gasteiger partial charge in [0.25, 0.3) is 11.8 Å². The molecule has 0 aliphatic heterocycles. The number of amides is 2. The van der Waals surface area contributed by atoms with Crippen LogP contribution in [0.4, 0.5) is 0 Å². The number of carbonyl (C=O) groups is 3. The molecule has 0 heterocycles. The zero-order chi connectivity index (χ0) is 21.2. The molecule has 0 spiro atoms. The summed E-state index contributed by atoms with van der Waals surface area (Å²) in [7, 11) is 2.76. The van der Waals surface area contributed by atoms with E-state index in [1.807, 2.05) is 0 Å². The first-order valence-electron chi connectivity index (χ1n) is 9.10. The average Bonchev–Trinajstić information content (AvgIpc) is 2.77. The van der Waals surface area contributed by atoms with Gasteiger partial charge in [0.1, 0.15) is 0 Å². The Balaban J connectivity index is 1.97. The van der Waals surface area contributed by atoms with Crippen LogP contribution in [-0.2, 0) is 4.74 Å². The number of carbonyl (C=O) groups excluding carboxylic acids is 3. The first-order valence-corrected chi connectivity index (χ1v) is 9.10. The molecular weight excluding hydrogens is 376 g/mol. The summed E-state index contributed by atoms with van der Waals surface area (Å²) in [4.78, 5) is 35.9. The molecule has 0 aromatic heterocycles. The van der Waals surface area contributed by atoms with Crippen molar-refractivity contribution < 1.29 is 28.6 Å². The fourth-order valence-electron chi connectivity index (χ4n) is 2.39. The highest BCUT2D eigenvalue weighted by molar-refractivity contribution is 6.00. The molecule has 0 saturated heterocycles. The first-order chi connectivity index (χ1) is 14.0. The van der Waals surface area contributed by atoms with E-state index in [1.165, 1.54) is 44.6 Å². The van der Waals surface area contributed by atoms with Gasteiger partial charge in [-0.1, -0.05) is 13.3 Å². The van der Waals surface area contributed by atoms with Crippen LogP contribution in [0.25, 0.3) is 0 Å². The van der Waals surface area contributed by atoms with Crippen LogP contribution in [-0.4, -0.2) is 38.6 Å². The SMILES string of the molecule is CCCCOc1ccc(C(=O)NNC(=O)c2ccc(C(=O)OC)cc2)cc1OC. The van der Waals surface area contributed by atoms with Crippen molar-refractivity contribution in [2.75, 3.05) is 20.8 Å². The van der Waals surface area contributed by atoms with Gasteiger partial charge in [-0.2, -0.15) is 0 Å². The molecule has 0 unspecified atom stereocenters. The fourth-order valence-corrected chi connectivity index (χ4v) is 2.39. The molecule has 8 nitrogen and oxygen atoms in total. The molecule has 2 aromatic carbocycles. The second kappa shape index (κ2) is 10.7. The summed E-state index contributed by atoms with van der Waals surface area (Å²) in [5.74, 6) is -0.559. The Bertz CT molecular complexity index is 864. The van der Waals surface area contributed by atoms with Gasteiger partial charge in [-0.15, -0.1) is 0 Å². The van der Waals surface area contributed by atoms with Crippen molar-refractivity contribution in [1.82, 2.24) is 10.9 Å². The van der Waals surface area contributed by atoms with Gasteiger partial charge in [-0.3, -0.25) is 20.4 Å². The summed E-state index contributed by atoms with van der Waals surface area (Å²) in [6, 6.07) is 10.6. The Labute approximate surface area is 169 Å². The number of ether oxygens (including phenoxy) is 3. The molecular formula is C21H24N2O6. The summed E-state index contributed by atoms with van der Waals surface area (Å²) in [6.45, 7) is 2.62. The number of hydrogen-bond acceptors (Lipinski definition) is 6. The Morgan fingerprint density at radius 3 is 2.00 bits per heavy atom. The van der Waals surface area contributed by atoms with Crippen molar-refractivity contribution in [2.24, 2.45) is 0 Å². The summed E-state index contributed by atoms with van der Waals surface area (Å²) in [5.41, 5.74) is 5.56. The number of nitrogens with one attached hydrogen (secondary N) is 2. The molecule has 2 amide bonds. The lowest BCUT2D eigenvalue weighted by Crippen LogP contribution is -2.41. The minimum Gasteiger partial charge on any atom is -0.493 e. The Kier molecular flexibility index (Phi) is 8.02. The number of rotatable bonds is 8. The van der Waals surface area contributed by atoms with Gasteiger partial charge in [0.2, 0.25) is 0 Å². The monoisotopic (exact) mass is 400 g/mol. The van der Waals surface area contributed by atoms with Crippen LogP contribution in [0.15, 0.2) is 42.5 Å². The fraction of sp³-hybridized carbons (Fsp3) is 0.286. The third-order valence-corrected chi connectivity index (χ3v) is 4.04. The van der Waals surface area contributed by atoms with Gasteiger partial charge in [-0.05, 0) is 48.9 Å². The van der Waals surface area contributed by atoms with Gasteiger partial charge in [0.05, 0.1) is 26.4 Å². The summed E-state index contributed by atoms with van der Waals surface area (Å²) >= 11 is 0. The normalized spacial score (nSPS) is 10.0. The van der Waals surface area contributed by atoms with Crippen LogP contribution in [0.3, 0.4) is 0 Å². The number of hydrogen-bond donors (Lipinski definition) is 2. The quantitative estimate of drug-likeness (QED) is 0.401. The molecule has 0 aliphatic rings. The van der Waals surface area contributed by atoms with Crippen LogP contribution in [0.5, 0.6) is 11.5 Å². The molecule has 2 N–H and O–H groups in total. The molecule has 8 heteroatoms. The second-order valence-corrected chi connectivity index (χ2v) is 6.04. The van der Waals surface area contributed by atoms with Crippen LogP contribution in [0.1, 0.15) is 50.8 Å². The largest absolute Gasteiger partial charge is 0.493 e. The molecule has 29 heavy (non-hydrogen) atoms. The van der Waals surface area contributed by atoms with Gasteiger partial charge in [0, 0.05) is 11.1 Å². The summed E-state index contributed by atoms with van der Waals surface area (Å²) in [6.07, 6.45) is 1.92. The Morgan fingerprint density at radius 1 is 0.828 bits per heavy atom. The second-order valence-electron chi connectivity index (χ2n) is 6.04. The van der Waals surface area contributed by atoms with Gasteiger partial charge < -0.3 is 14.2 Å². The molecule has 0 saturated carbocycles. The lowest BCUT2D eigenvalue weighted by Gasteiger charge is -2.12. The van der Waals surface area contributed by atoms with E-state index in [9.17, 15) is 14.4 Å². The van der Waals surface area contributed by atoms with Gasteiger partial charge >= 0.3 is 5.97 Å². The molecule has 0 aliphatic carbocycles. The van der Waals surface area contributed by atoms with E-state index in [0.717, 1.165) is 12.8 Å².